The van der Waals surface area contributed by atoms with Gasteiger partial charge >= 0.3 is 0 Å². The minimum absolute atomic E-state index is 0.677. The summed E-state index contributed by atoms with van der Waals surface area (Å²) >= 11 is 1.83. The predicted octanol–water partition coefficient (Wildman–Crippen LogP) is 0.865. The van der Waals surface area contributed by atoms with Crippen LogP contribution in [-0.2, 0) is 5.75 Å². The molecule has 0 saturated carbocycles. The Morgan fingerprint density at radius 1 is 1.44 bits per heavy atom. The first-order chi connectivity index (χ1) is 7.61. The zero-order chi connectivity index (χ0) is 12.0. The molecule has 0 amide bonds. The third kappa shape index (κ3) is 4.78. The van der Waals surface area contributed by atoms with Crippen LogP contribution in [0.5, 0.6) is 0 Å². The van der Waals surface area contributed by atoms with Gasteiger partial charge in [-0.2, -0.15) is 11.8 Å². The molecule has 1 aromatic heterocycles. The van der Waals surface area contributed by atoms with E-state index in [1.54, 1.807) is 0 Å². The van der Waals surface area contributed by atoms with Crippen molar-refractivity contribution in [2.45, 2.75) is 12.7 Å². The van der Waals surface area contributed by atoms with Gasteiger partial charge in [0.1, 0.15) is 11.6 Å². The molecule has 0 bridgehead atoms. The zero-order valence-corrected chi connectivity index (χ0v) is 10.8. The lowest BCUT2D eigenvalue weighted by molar-refractivity contribution is 0.437. The molecule has 1 heterocycles. The summed E-state index contributed by atoms with van der Waals surface area (Å²) in [7, 11) is 4.14. The monoisotopic (exact) mass is 241 g/mol. The molecule has 5 nitrogen and oxygen atoms in total. The molecule has 0 spiro atoms. The van der Waals surface area contributed by atoms with Gasteiger partial charge in [0.15, 0.2) is 0 Å². The second-order valence-corrected chi connectivity index (χ2v) is 4.92. The molecule has 1 rings (SSSR count). The third-order valence-corrected chi connectivity index (χ3v) is 2.90. The number of thioether (sulfide) groups is 1. The summed E-state index contributed by atoms with van der Waals surface area (Å²) in [4.78, 5) is 10.8. The van der Waals surface area contributed by atoms with Crippen LogP contribution < -0.4 is 11.3 Å². The largest absolute Gasteiger partial charge is 0.309 e. The molecule has 0 aliphatic carbocycles. The van der Waals surface area contributed by atoms with E-state index in [4.69, 9.17) is 5.84 Å². The second kappa shape index (κ2) is 6.67. The summed E-state index contributed by atoms with van der Waals surface area (Å²) in [6.07, 6.45) is 0. The Bertz CT molecular complexity index is 329. The standard InChI is InChI=1S/C10H19N5S/c1-8-6-9(14-11)13-10(12-8)7-16-5-4-15(2)3/h6H,4-5,7,11H2,1-3H3,(H,12,13,14). The first-order valence-corrected chi connectivity index (χ1v) is 6.31. The van der Waals surface area contributed by atoms with E-state index < -0.39 is 0 Å². The number of aryl methyl sites for hydroxylation is 1. The summed E-state index contributed by atoms with van der Waals surface area (Å²) < 4.78 is 0. The maximum absolute atomic E-state index is 5.33. The number of nitrogens with one attached hydrogen (secondary N) is 1. The van der Waals surface area contributed by atoms with Crippen LogP contribution in [0.1, 0.15) is 11.5 Å². The molecule has 0 aliphatic rings. The van der Waals surface area contributed by atoms with E-state index in [1.165, 1.54) is 0 Å². The molecule has 90 valence electrons. The highest BCUT2D eigenvalue weighted by molar-refractivity contribution is 7.98. The number of anilines is 1. The van der Waals surface area contributed by atoms with Crippen LogP contribution >= 0.6 is 11.8 Å². The molecule has 0 atom stereocenters. The lowest BCUT2D eigenvalue weighted by atomic mass is 10.4. The normalized spacial score (nSPS) is 10.8. The molecule has 0 saturated heterocycles. The summed E-state index contributed by atoms with van der Waals surface area (Å²) in [5, 5.41) is 0. The molecular weight excluding hydrogens is 222 g/mol. The Morgan fingerprint density at radius 2 is 2.19 bits per heavy atom. The van der Waals surface area contributed by atoms with Gasteiger partial charge in [0.2, 0.25) is 0 Å². The van der Waals surface area contributed by atoms with E-state index in [0.717, 1.165) is 29.6 Å². The van der Waals surface area contributed by atoms with Gasteiger partial charge in [-0.1, -0.05) is 0 Å². The quantitative estimate of drug-likeness (QED) is 0.437. The van der Waals surface area contributed by atoms with Gasteiger partial charge < -0.3 is 10.3 Å². The molecule has 0 radical (unpaired) electrons. The predicted molar refractivity (Wildman–Crippen MR) is 69.3 cm³/mol. The molecule has 0 aliphatic heterocycles. The van der Waals surface area contributed by atoms with Crippen molar-refractivity contribution in [2.75, 3.05) is 31.8 Å². The average Bonchev–Trinajstić information content (AvgIpc) is 2.23. The van der Waals surface area contributed by atoms with Crippen molar-refractivity contribution < 1.29 is 0 Å². The fraction of sp³-hybridized carbons (Fsp3) is 0.600. The Hall–Kier alpha value is -0.850. The van der Waals surface area contributed by atoms with Crippen molar-refractivity contribution in [1.29, 1.82) is 0 Å². The fourth-order valence-electron chi connectivity index (χ4n) is 1.18. The molecule has 16 heavy (non-hydrogen) atoms. The molecule has 0 aromatic carbocycles. The van der Waals surface area contributed by atoms with E-state index in [9.17, 15) is 0 Å². The SMILES string of the molecule is Cc1cc(NN)nc(CSCCN(C)C)n1. The van der Waals surface area contributed by atoms with E-state index in [0.29, 0.717) is 5.82 Å². The molecule has 0 unspecified atom stereocenters. The number of aromatic nitrogens is 2. The maximum atomic E-state index is 5.33. The lowest BCUT2D eigenvalue weighted by Crippen LogP contribution is -2.15. The minimum Gasteiger partial charge on any atom is -0.309 e. The first kappa shape index (κ1) is 13.2. The number of hydrogen-bond donors (Lipinski definition) is 2. The molecule has 6 heteroatoms. The van der Waals surface area contributed by atoms with Gasteiger partial charge in [-0.25, -0.2) is 15.8 Å². The highest BCUT2D eigenvalue weighted by Gasteiger charge is 2.01. The van der Waals surface area contributed by atoms with Crippen molar-refractivity contribution in [3.63, 3.8) is 0 Å². The van der Waals surface area contributed by atoms with Gasteiger partial charge in [0.25, 0.3) is 0 Å². The van der Waals surface area contributed by atoms with Gasteiger partial charge in [-0.3, -0.25) is 0 Å². The Labute approximate surface area is 101 Å². The van der Waals surface area contributed by atoms with Crippen molar-refractivity contribution in [3.05, 3.63) is 17.6 Å². The molecule has 1 aromatic rings. The van der Waals surface area contributed by atoms with E-state index >= 15 is 0 Å². The van der Waals surface area contributed by atoms with Crippen LogP contribution in [0.4, 0.5) is 5.82 Å². The van der Waals surface area contributed by atoms with Crippen LogP contribution in [0.2, 0.25) is 0 Å². The molecule has 0 fully saturated rings. The van der Waals surface area contributed by atoms with Crippen molar-refractivity contribution in [2.24, 2.45) is 5.84 Å². The number of hydrazine groups is 1. The van der Waals surface area contributed by atoms with Gasteiger partial charge in [-0.15, -0.1) is 0 Å². The fourth-order valence-corrected chi connectivity index (χ4v) is 2.13. The van der Waals surface area contributed by atoms with Gasteiger partial charge in [0, 0.05) is 24.1 Å². The molecule has 3 N–H and O–H groups in total. The van der Waals surface area contributed by atoms with Crippen LogP contribution in [0.3, 0.4) is 0 Å². The number of nitrogens with two attached hydrogens (primary N) is 1. The summed E-state index contributed by atoms with van der Waals surface area (Å²) in [6, 6.07) is 1.83. The Kier molecular flexibility index (Phi) is 5.51. The first-order valence-electron chi connectivity index (χ1n) is 5.15. The Balaban J connectivity index is 2.44. The Morgan fingerprint density at radius 3 is 2.81 bits per heavy atom. The average molecular weight is 241 g/mol. The maximum Gasteiger partial charge on any atom is 0.143 e. The molecular formula is C10H19N5S. The number of hydrogen-bond acceptors (Lipinski definition) is 6. The van der Waals surface area contributed by atoms with Crippen molar-refractivity contribution in [1.82, 2.24) is 14.9 Å². The highest BCUT2D eigenvalue weighted by atomic mass is 32.2. The van der Waals surface area contributed by atoms with Crippen molar-refractivity contribution >= 4 is 17.6 Å². The van der Waals surface area contributed by atoms with E-state index in [1.807, 2.05) is 24.8 Å². The van der Waals surface area contributed by atoms with E-state index in [-0.39, 0.29) is 0 Å². The van der Waals surface area contributed by atoms with Crippen LogP contribution in [0, 0.1) is 6.92 Å². The summed E-state index contributed by atoms with van der Waals surface area (Å²) in [5.74, 6) is 8.74. The number of rotatable bonds is 6. The number of nitrogen functional groups attached to an aromatic ring is 1. The minimum atomic E-state index is 0.677. The third-order valence-electron chi connectivity index (χ3n) is 1.96. The van der Waals surface area contributed by atoms with Crippen LogP contribution in [0.25, 0.3) is 0 Å². The summed E-state index contributed by atoms with van der Waals surface area (Å²) in [6.45, 7) is 3.01. The number of nitrogens with zero attached hydrogens (tertiary/aromatic N) is 3. The zero-order valence-electron chi connectivity index (χ0n) is 10.0. The summed E-state index contributed by atoms with van der Waals surface area (Å²) in [5.41, 5.74) is 3.48. The van der Waals surface area contributed by atoms with Crippen LogP contribution in [0.15, 0.2) is 6.07 Å². The van der Waals surface area contributed by atoms with Crippen molar-refractivity contribution in [3.8, 4) is 0 Å². The van der Waals surface area contributed by atoms with Gasteiger partial charge in [-0.05, 0) is 21.0 Å². The second-order valence-electron chi connectivity index (χ2n) is 3.81. The lowest BCUT2D eigenvalue weighted by Gasteiger charge is -2.09. The highest BCUT2D eigenvalue weighted by Crippen LogP contribution is 2.11. The van der Waals surface area contributed by atoms with Gasteiger partial charge in [0.05, 0.1) is 5.75 Å². The topological polar surface area (TPSA) is 67.1 Å². The van der Waals surface area contributed by atoms with Crippen LogP contribution in [-0.4, -0.2) is 41.3 Å². The smallest absolute Gasteiger partial charge is 0.143 e. The van der Waals surface area contributed by atoms with E-state index in [2.05, 4.69) is 34.4 Å².